The Morgan fingerprint density at radius 3 is 2.91 bits per heavy atom. The minimum atomic E-state index is -0.334. The highest BCUT2D eigenvalue weighted by molar-refractivity contribution is 6.01. The third-order valence-electron chi connectivity index (χ3n) is 3.44. The lowest BCUT2D eigenvalue weighted by Gasteiger charge is -2.21. The van der Waals surface area contributed by atoms with Gasteiger partial charge in [0.1, 0.15) is 5.75 Å². The Hall–Kier alpha value is -2.30. The second-order valence-corrected chi connectivity index (χ2v) is 5.57. The number of para-hydroxylation sites is 2. The maximum atomic E-state index is 12.3. The van der Waals surface area contributed by atoms with Gasteiger partial charge in [0.25, 0.3) is 0 Å². The van der Waals surface area contributed by atoms with Crippen LogP contribution in [0, 0.1) is 5.92 Å². The lowest BCUT2D eigenvalue weighted by Crippen LogP contribution is -2.33. The lowest BCUT2D eigenvalue weighted by molar-refractivity contribution is -0.126. The van der Waals surface area contributed by atoms with E-state index in [1.165, 1.54) is 0 Å². The van der Waals surface area contributed by atoms with Crippen LogP contribution in [0.5, 0.6) is 5.75 Å². The van der Waals surface area contributed by atoms with Gasteiger partial charge >= 0.3 is 0 Å². The summed E-state index contributed by atoms with van der Waals surface area (Å²) in [4.78, 5) is 25.9. The molecule has 0 spiro atoms. The summed E-state index contributed by atoms with van der Waals surface area (Å²) in [6, 6.07) is 7.42. The van der Waals surface area contributed by atoms with Gasteiger partial charge in [0.15, 0.2) is 0 Å². The monoisotopic (exact) mass is 302 g/mol. The minimum absolute atomic E-state index is 0.0190. The maximum Gasteiger partial charge on any atom is 0.227 e. The summed E-state index contributed by atoms with van der Waals surface area (Å²) >= 11 is 0. The van der Waals surface area contributed by atoms with Crippen LogP contribution in [-0.4, -0.2) is 31.0 Å². The van der Waals surface area contributed by atoms with Crippen LogP contribution in [0.1, 0.15) is 20.3 Å². The van der Waals surface area contributed by atoms with Gasteiger partial charge in [-0.1, -0.05) is 18.2 Å². The van der Waals surface area contributed by atoms with Gasteiger partial charge in [-0.05, 0) is 26.0 Å². The summed E-state index contributed by atoms with van der Waals surface area (Å²) in [6.07, 6.45) is 1.86. The fourth-order valence-corrected chi connectivity index (χ4v) is 2.47. The van der Waals surface area contributed by atoms with E-state index in [1.54, 1.807) is 11.0 Å². The van der Waals surface area contributed by atoms with Gasteiger partial charge in [-0.3, -0.25) is 9.59 Å². The number of benzene rings is 1. The van der Waals surface area contributed by atoms with Crippen LogP contribution >= 0.6 is 0 Å². The maximum absolute atomic E-state index is 12.3. The second-order valence-electron chi connectivity index (χ2n) is 5.57. The van der Waals surface area contributed by atoms with Crippen LogP contribution in [-0.2, 0) is 9.59 Å². The van der Waals surface area contributed by atoms with E-state index in [9.17, 15) is 9.59 Å². The fourth-order valence-electron chi connectivity index (χ4n) is 2.47. The van der Waals surface area contributed by atoms with Crippen LogP contribution in [0.15, 0.2) is 36.9 Å². The molecule has 1 heterocycles. The highest BCUT2D eigenvalue weighted by Gasteiger charge is 2.36. The number of hydrogen-bond donors (Lipinski definition) is 1. The third-order valence-corrected chi connectivity index (χ3v) is 3.44. The molecule has 0 saturated carbocycles. The summed E-state index contributed by atoms with van der Waals surface area (Å²) < 4.78 is 5.76. The minimum Gasteiger partial charge on any atom is -0.489 e. The molecule has 1 aromatic rings. The summed E-state index contributed by atoms with van der Waals surface area (Å²) in [5.74, 6) is 0.161. The number of anilines is 1. The Morgan fingerprint density at radius 1 is 1.50 bits per heavy atom. The summed E-state index contributed by atoms with van der Waals surface area (Å²) in [6.45, 7) is 8.23. The molecule has 0 aromatic heterocycles. The Labute approximate surface area is 130 Å². The zero-order valence-electron chi connectivity index (χ0n) is 13.0. The highest BCUT2D eigenvalue weighted by atomic mass is 16.5. The van der Waals surface area contributed by atoms with Crippen LogP contribution in [0.3, 0.4) is 0 Å². The Kier molecular flexibility index (Phi) is 5.20. The number of nitrogens with zero attached hydrogens (tertiary/aromatic N) is 1. The number of nitrogens with one attached hydrogen (secondary N) is 1. The second kappa shape index (κ2) is 7.11. The molecule has 2 rings (SSSR count). The quantitative estimate of drug-likeness (QED) is 0.819. The molecular weight excluding hydrogens is 280 g/mol. The number of ether oxygens (including phenoxy) is 1. The zero-order valence-corrected chi connectivity index (χ0v) is 13.0. The molecule has 1 saturated heterocycles. The van der Waals surface area contributed by atoms with Crippen LogP contribution in [0.25, 0.3) is 0 Å². The Bertz CT molecular complexity index is 569. The van der Waals surface area contributed by atoms with Crippen molar-refractivity contribution in [2.24, 2.45) is 5.92 Å². The van der Waals surface area contributed by atoms with E-state index >= 15 is 0 Å². The van der Waals surface area contributed by atoms with E-state index in [4.69, 9.17) is 4.74 Å². The van der Waals surface area contributed by atoms with Crippen molar-refractivity contribution in [2.75, 3.05) is 18.0 Å². The molecule has 0 bridgehead atoms. The van der Waals surface area contributed by atoms with Crippen molar-refractivity contribution in [2.45, 2.75) is 26.4 Å². The number of hydrogen-bond acceptors (Lipinski definition) is 3. The first kappa shape index (κ1) is 16.1. The highest BCUT2D eigenvalue weighted by Crippen LogP contribution is 2.33. The van der Waals surface area contributed by atoms with Gasteiger partial charge in [-0.15, -0.1) is 6.58 Å². The molecule has 1 N–H and O–H groups in total. The van der Waals surface area contributed by atoms with Gasteiger partial charge in [-0.2, -0.15) is 0 Å². The molecule has 0 aliphatic carbocycles. The fraction of sp³-hybridized carbons (Fsp3) is 0.412. The van der Waals surface area contributed by atoms with Gasteiger partial charge in [0.2, 0.25) is 11.8 Å². The van der Waals surface area contributed by atoms with Gasteiger partial charge < -0.3 is 15.0 Å². The van der Waals surface area contributed by atoms with Crippen molar-refractivity contribution in [1.29, 1.82) is 0 Å². The molecule has 118 valence electrons. The Balaban J connectivity index is 2.15. The van der Waals surface area contributed by atoms with Gasteiger partial charge in [0, 0.05) is 19.5 Å². The van der Waals surface area contributed by atoms with E-state index in [-0.39, 0.29) is 30.3 Å². The molecule has 1 aliphatic heterocycles. The van der Waals surface area contributed by atoms with Crippen molar-refractivity contribution in [1.82, 2.24) is 5.32 Å². The predicted molar refractivity (Wildman–Crippen MR) is 85.9 cm³/mol. The molecule has 1 aliphatic rings. The van der Waals surface area contributed by atoms with E-state index in [2.05, 4.69) is 11.9 Å². The molecule has 1 aromatic carbocycles. The predicted octanol–water partition coefficient (Wildman–Crippen LogP) is 2.13. The number of carbonyl (C=O) groups excluding carboxylic acids is 2. The van der Waals surface area contributed by atoms with Crippen molar-refractivity contribution in [3.05, 3.63) is 36.9 Å². The Morgan fingerprint density at radius 2 is 2.23 bits per heavy atom. The average molecular weight is 302 g/mol. The summed E-state index contributed by atoms with van der Waals surface area (Å²) in [5, 5.41) is 2.75. The molecule has 5 heteroatoms. The molecule has 5 nitrogen and oxygen atoms in total. The molecule has 2 amide bonds. The summed E-state index contributed by atoms with van der Waals surface area (Å²) in [5.41, 5.74) is 0.722. The van der Waals surface area contributed by atoms with Crippen molar-refractivity contribution < 1.29 is 14.3 Å². The van der Waals surface area contributed by atoms with E-state index < -0.39 is 0 Å². The molecule has 1 atom stereocenters. The lowest BCUT2D eigenvalue weighted by atomic mass is 10.1. The number of amides is 2. The first-order valence-corrected chi connectivity index (χ1v) is 7.47. The summed E-state index contributed by atoms with van der Waals surface area (Å²) in [7, 11) is 0. The molecule has 1 fully saturated rings. The van der Waals surface area contributed by atoms with Crippen molar-refractivity contribution >= 4 is 17.5 Å². The molecule has 22 heavy (non-hydrogen) atoms. The standard InChI is InChI=1S/C17H22N2O3/c1-4-9-18-17(21)13-10-16(20)19(11-13)14-7-5-6-8-15(14)22-12(2)3/h4-8,12-13H,1,9-11H2,2-3H3,(H,18,21). The third kappa shape index (κ3) is 3.67. The molecular formula is C17H22N2O3. The normalized spacial score (nSPS) is 17.7. The van der Waals surface area contributed by atoms with Gasteiger partial charge in [-0.25, -0.2) is 0 Å². The SMILES string of the molecule is C=CCNC(=O)C1CC(=O)N(c2ccccc2OC(C)C)C1. The van der Waals surface area contributed by atoms with Crippen LogP contribution in [0.4, 0.5) is 5.69 Å². The number of rotatable bonds is 6. The number of carbonyl (C=O) groups is 2. The molecule has 0 radical (unpaired) electrons. The topological polar surface area (TPSA) is 58.6 Å². The van der Waals surface area contributed by atoms with E-state index in [0.29, 0.717) is 18.8 Å². The zero-order chi connectivity index (χ0) is 16.1. The smallest absolute Gasteiger partial charge is 0.227 e. The van der Waals surface area contributed by atoms with Crippen molar-refractivity contribution in [3.8, 4) is 5.75 Å². The van der Waals surface area contributed by atoms with Crippen LogP contribution in [0.2, 0.25) is 0 Å². The largest absolute Gasteiger partial charge is 0.489 e. The average Bonchev–Trinajstić information content (AvgIpc) is 2.86. The first-order chi connectivity index (χ1) is 10.5. The van der Waals surface area contributed by atoms with Crippen LogP contribution < -0.4 is 15.0 Å². The van der Waals surface area contributed by atoms with E-state index in [0.717, 1.165) is 5.69 Å². The van der Waals surface area contributed by atoms with E-state index in [1.807, 2.05) is 38.1 Å². The first-order valence-electron chi connectivity index (χ1n) is 7.47. The van der Waals surface area contributed by atoms with Gasteiger partial charge in [0.05, 0.1) is 17.7 Å². The molecule has 1 unspecified atom stereocenters. The van der Waals surface area contributed by atoms with Crippen molar-refractivity contribution in [3.63, 3.8) is 0 Å².